The van der Waals surface area contributed by atoms with Gasteiger partial charge in [0.1, 0.15) is 0 Å². The van der Waals surface area contributed by atoms with Gasteiger partial charge in [-0.2, -0.15) is 0 Å². The fourth-order valence-corrected chi connectivity index (χ4v) is 5.78. The average molecular weight is 447 g/mol. The summed E-state index contributed by atoms with van der Waals surface area (Å²) in [5, 5.41) is 0. The quantitative estimate of drug-likeness (QED) is 0.529. The van der Waals surface area contributed by atoms with E-state index in [0.717, 1.165) is 28.0 Å². The largest absolute Gasteiger partial charge is 0.331 e. The van der Waals surface area contributed by atoms with Crippen LogP contribution in [-0.2, 0) is 28.1 Å². The van der Waals surface area contributed by atoms with Crippen molar-refractivity contribution in [1.29, 1.82) is 0 Å². The number of hydrogen-bond acceptors (Lipinski definition) is 2. The van der Waals surface area contributed by atoms with Crippen LogP contribution in [0.1, 0.15) is 23.1 Å². The Labute approximate surface area is 199 Å². The third kappa shape index (κ3) is 3.06. The lowest BCUT2D eigenvalue weighted by atomic mass is 9.76. The molecule has 34 heavy (non-hydrogen) atoms. The predicted octanol–water partition coefficient (Wildman–Crippen LogP) is 5.01. The molecule has 1 aliphatic carbocycles. The summed E-state index contributed by atoms with van der Waals surface area (Å²) in [4.78, 5) is 31.3. The van der Waals surface area contributed by atoms with E-state index >= 15 is 0 Å². The summed E-state index contributed by atoms with van der Waals surface area (Å²) in [5.41, 5.74) is 4.22. The number of fused-ring (bicyclic) bond motifs is 4. The second-order valence-corrected chi connectivity index (χ2v) is 9.45. The molecule has 1 saturated heterocycles. The number of nitrogens with zero attached hydrogens (tertiary/aromatic N) is 2. The number of para-hydroxylation sites is 1. The van der Waals surface area contributed by atoms with E-state index in [1.807, 2.05) is 101 Å². The fraction of sp³-hybridized carbons (Fsp3) is 0.200. The lowest BCUT2D eigenvalue weighted by Gasteiger charge is -2.33. The number of carbonyl (C=O) groups excluding carboxylic acids is 2. The first-order chi connectivity index (χ1) is 16.6. The first-order valence-corrected chi connectivity index (χ1v) is 11.8. The molecule has 4 heteroatoms. The monoisotopic (exact) mass is 446 g/mol. The lowest BCUT2D eigenvalue weighted by molar-refractivity contribution is -0.132. The van der Waals surface area contributed by atoms with Crippen molar-refractivity contribution in [1.82, 2.24) is 4.90 Å². The molecule has 6 rings (SSSR count). The van der Waals surface area contributed by atoms with Gasteiger partial charge >= 0.3 is 0 Å². The molecule has 0 saturated carbocycles. The van der Waals surface area contributed by atoms with Crippen LogP contribution in [0.25, 0.3) is 0 Å². The zero-order chi connectivity index (χ0) is 23.3. The van der Waals surface area contributed by atoms with Crippen molar-refractivity contribution in [3.63, 3.8) is 0 Å². The molecule has 3 aliphatic rings. The van der Waals surface area contributed by atoms with E-state index in [9.17, 15) is 9.59 Å². The Morgan fingerprint density at radius 3 is 2.15 bits per heavy atom. The Bertz CT molecular complexity index is 1310. The highest BCUT2D eigenvalue weighted by Gasteiger charge is 2.55. The molecule has 0 unspecified atom stereocenters. The van der Waals surface area contributed by atoms with Gasteiger partial charge in [-0.25, -0.2) is 0 Å². The van der Waals surface area contributed by atoms with Crippen molar-refractivity contribution in [3.8, 4) is 0 Å². The van der Waals surface area contributed by atoms with Crippen LogP contribution >= 0.6 is 0 Å². The smallest absolute Gasteiger partial charge is 0.241 e. The topological polar surface area (TPSA) is 40.6 Å². The lowest BCUT2D eigenvalue weighted by Crippen LogP contribution is -2.45. The normalized spacial score (nSPS) is 25.2. The molecule has 3 atom stereocenters. The molecule has 3 aromatic rings. The molecule has 0 N–H and O–H groups in total. The number of rotatable bonds is 4. The van der Waals surface area contributed by atoms with Crippen LogP contribution in [0.4, 0.5) is 5.69 Å². The predicted molar refractivity (Wildman–Crippen MR) is 133 cm³/mol. The van der Waals surface area contributed by atoms with Gasteiger partial charge in [0, 0.05) is 12.2 Å². The second-order valence-electron chi connectivity index (χ2n) is 9.45. The van der Waals surface area contributed by atoms with Gasteiger partial charge in [0.05, 0.1) is 23.9 Å². The minimum absolute atomic E-state index is 0.0706. The Kier molecular flexibility index (Phi) is 4.77. The van der Waals surface area contributed by atoms with E-state index in [4.69, 9.17) is 0 Å². The van der Waals surface area contributed by atoms with Crippen molar-refractivity contribution in [2.75, 3.05) is 4.90 Å². The maximum Gasteiger partial charge on any atom is 0.241 e. The molecule has 168 valence electrons. The summed E-state index contributed by atoms with van der Waals surface area (Å²) in [6.07, 6.45) is 4.43. The Morgan fingerprint density at radius 2 is 1.44 bits per heavy atom. The van der Waals surface area contributed by atoms with Crippen LogP contribution < -0.4 is 4.90 Å². The van der Waals surface area contributed by atoms with Crippen LogP contribution in [-0.4, -0.2) is 22.8 Å². The van der Waals surface area contributed by atoms with Crippen LogP contribution in [0, 0.1) is 5.92 Å². The number of hydrogen-bond donors (Lipinski definition) is 0. The number of amides is 2. The second kappa shape index (κ2) is 7.84. The van der Waals surface area contributed by atoms with Crippen LogP contribution in [0.2, 0.25) is 0 Å². The molecular weight excluding hydrogens is 420 g/mol. The SMILES string of the molecule is C=C1[C@@H]2C=C[C@]3(C[C@H]1N(Cc1ccccc1)C2=O)C(=O)N(Cc1ccccc1)c1ccccc13. The molecule has 2 heterocycles. The molecule has 2 amide bonds. The highest BCUT2D eigenvalue weighted by molar-refractivity contribution is 6.10. The molecule has 0 radical (unpaired) electrons. The molecule has 0 aromatic heterocycles. The van der Waals surface area contributed by atoms with E-state index in [1.54, 1.807) is 0 Å². The van der Waals surface area contributed by atoms with E-state index in [0.29, 0.717) is 19.5 Å². The van der Waals surface area contributed by atoms with Crippen LogP contribution in [0.3, 0.4) is 0 Å². The van der Waals surface area contributed by atoms with E-state index in [1.165, 1.54) is 0 Å². The Morgan fingerprint density at radius 1 is 0.824 bits per heavy atom. The van der Waals surface area contributed by atoms with Gasteiger partial charge < -0.3 is 9.80 Å². The van der Waals surface area contributed by atoms with Gasteiger partial charge in [-0.05, 0) is 34.8 Å². The van der Waals surface area contributed by atoms with Crippen molar-refractivity contribution < 1.29 is 9.59 Å². The summed E-state index contributed by atoms with van der Waals surface area (Å²) in [7, 11) is 0. The molecule has 2 bridgehead atoms. The minimum Gasteiger partial charge on any atom is -0.331 e. The highest BCUT2D eigenvalue weighted by atomic mass is 16.2. The minimum atomic E-state index is -0.802. The zero-order valence-corrected chi connectivity index (χ0v) is 18.9. The summed E-state index contributed by atoms with van der Waals surface area (Å²) >= 11 is 0. The Balaban J connectivity index is 1.41. The summed E-state index contributed by atoms with van der Waals surface area (Å²) in [6.45, 7) is 5.37. The Hall–Kier alpha value is -3.92. The van der Waals surface area contributed by atoms with E-state index in [-0.39, 0.29) is 23.8 Å². The van der Waals surface area contributed by atoms with Crippen LogP contribution in [0.15, 0.2) is 109 Å². The van der Waals surface area contributed by atoms with Gasteiger partial charge in [-0.15, -0.1) is 0 Å². The molecular formula is C30H26N2O2. The first kappa shape index (κ1) is 20.7. The van der Waals surface area contributed by atoms with Crippen molar-refractivity contribution >= 4 is 17.5 Å². The van der Waals surface area contributed by atoms with Crippen molar-refractivity contribution in [2.45, 2.75) is 31.0 Å². The maximum atomic E-state index is 14.2. The summed E-state index contributed by atoms with van der Waals surface area (Å²) in [5.74, 6) is -0.234. The number of anilines is 1. The third-order valence-electron chi connectivity index (χ3n) is 7.52. The number of carbonyl (C=O) groups is 2. The van der Waals surface area contributed by atoms with Gasteiger partial charge in [-0.3, -0.25) is 9.59 Å². The van der Waals surface area contributed by atoms with Crippen molar-refractivity contribution in [3.05, 3.63) is 126 Å². The van der Waals surface area contributed by atoms with Gasteiger partial charge in [-0.1, -0.05) is 97.6 Å². The molecule has 2 aliphatic heterocycles. The van der Waals surface area contributed by atoms with Crippen LogP contribution in [0.5, 0.6) is 0 Å². The number of benzene rings is 3. The first-order valence-electron chi connectivity index (χ1n) is 11.8. The zero-order valence-electron chi connectivity index (χ0n) is 18.9. The molecule has 3 aromatic carbocycles. The third-order valence-corrected chi connectivity index (χ3v) is 7.52. The average Bonchev–Trinajstić information content (AvgIpc) is 3.14. The number of likely N-dealkylation sites (tertiary alicyclic amines) is 1. The molecule has 4 nitrogen and oxygen atoms in total. The van der Waals surface area contributed by atoms with E-state index in [2.05, 4.69) is 12.6 Å². The molecule has 1 fully saturated rings. The van der Waals surface area contributed by atoms with Crippen molar-refractivity contribution in [2.24, 2.45) is 5.92 Å². The standard InChI is InChI=1S/C30H26N2O2/c1-21-24-16-17-30(18-27(21)31(28(24)33)19-22-10-4-2-5-11-22)25-14-8-9-15-26(25)32(29(30)34)20-23-12-6-3-7-13-23/h2-17,24,27H,1,18-20H2/t24-,27+,30+/m0/s1. The summed E-state index contributed by atoms with van der Waals surface area (Å²) < 4.78 is 0. The fourth-order valence-electron chi connectivity index (χ4n) is 5.78. The summed E-state index contributed by atoms with van der Waals surface area (Å²) in [6, 6.07) is 28.0. The van der Waals surface area contributed by atoms with Gasteiger partial charge in [0.25, 0.3) is 0 Å². The molecule has 1 spiro atoms. The van der Waals surface area contributed by atoms with E-state index < -0.39 is 5.41 Å². The van der Waals surface area contributed by atoms with Gasteiger partial charge in [0.15, 0.2) is 0 Å². The maximum absolute atomic E-state index is 14.2. The van der Waals surface area contributed by atoms with Gasteiger partial charge in [0.2, 0.25) is 11.8 Å². The highest BCUT2D eigenvalue weighted by Crippen LogP contribution is 2.51.